The Balaban J connectivity index is 1.47. The molecule has 1 N–H and O–H groups in total. The Morgan fingerprint density at radius 2 is 1.76 bits per heavy atom. The van der Waals surface area contributed by atoms with E-state index < -0.39 is 0 Å². The highest BCUT2D eigenvalue weighted by atomic mass is 32.1. The zero-order valence-corrected chi connectivity index (χ0v) is 15.9. The van der Waals surface area contributed by atoms with E-state index in [1.54, 1.807) is 0 Å². The van der Waals surface area contributed by atoms with E-state index in [0.29, 0.717) is 0 Å². The molecule has 1 unspecified atom stereocenters. The number of aryl methyl sites for hydroxylation is 1. The van der Waals surface area contributed by atoms with Crippen LogP contribution in [0, 0.1) is 6.92 Å². The van der Waals surface area contributed by atoms with Gasteiger partial charge in [0.05, 0.1) is 6.04 Å². The summed E-state index contributed by atoms with van der Waals surface area (Å²) in [4.78, 5) is 4.80. The van der Waals surface area contributed by atoms with Crippen LogP contribution in [0.2, 0.25) is 0 Å². The smallest absolute Gasteiger partial charge is 0.169 e. The Labute approximate surface area is 156 Å². The third-order valence-electron chi connectivity index (χ3n) is 4.79. The van der Waals surface area contributed by atoms with E-state index in [1.807, 2.05) is 6.07 Å². The molecule has 2 aromatic rings. The Bertz CT molecular complexity index is 693. The van der Waals surface area contributed by atoms with E-state index in [-0.39, 0.29) is 6.04 Å². The second-order valence-electron chi connectivity index (χ2n) is 6.83. The van der Waals surface area contributed by atoms with Crippen molar-refractivity contribution in [2.45, 2.75) is 26.4 Å². The normalized spacial score (nSPS) is 16.5. The van der Waals surface area contributed by atoms with Gasteiger partial charge in [-0.1, -0.05) is 60.2 Å². The number of piperazine rings is 1. The summed E-state index contributed by atoms with van der Waals surface area (Å²) in [6, 6.07) is 19.5. The lowest BCUT2D eigenvalue weighted by atomic mass is 10.1. The van der Waals surface area contributed by atoms with Crippen molar-refractivity contribution in [2.24, 2.45) is 0 Å². The molecule has 0 saturated carbocycles. The summed E-state index contributed by atoms with van der Waals surface area (Å²) < 4.78 is 0. The van der Waals surface area contributed by atoms with Crippen LogP contribution in [-0.4, -0.2) is 41.1 Å². The minimum absolute atomic E-state index is 0.235. The molecule has 1 atom stereocenters. The molecule has 1 aliphatic heterocycles. The number of hydrogen-bond acceptors (Lipinski definition) is 2. The van der Waals surface area contributed by atoms with Crippen LogP contribution in [-0.2, 0) is 6.54 Å². The summed E-state index contributed by atoms with van der Waals surface area (Å²) >= 11 is 5.63. The first-order valence-electron chi connectivity index (χ1n) is 9.00. The van der Waals surface area contributed by atoms with Gasteiger partial charge >= 0.3 is 0 Å². The van der Waals surface area contributed by atoms with E-state index in [4.69, 9.17) is 12.2 Å². The van der Waals surface area contributed by atoms with E-state index >= 15 is 0 Å². The highest BCUT2D eigenvalue weighted by molar-refractivity contribution is 7.80. The molecule has 0 radical (unpaired) electrons. The molecule has 0 spiro atoms. The van der Waals surface area contributed by atoms with Crippen LogP contribution in [0.25, 0.3) is 0 Å². The Hall–Kier alpha value is -1.91. The van der Waals surface area contributed by atoms with Gasteiger partial charge in [-0.3, -0.25) is 4.90 Å². The predicted molar refractivity (Wildman–Crippen MR) is 109 cm³/mol. The standard InChI is InChI=1S/C21H27N3S/c1-17-7-6-8-19(15-17)16-23-11-13-24(14-12-23)21(25)22-18(2)20-9-4-3-5-10-20/h3-10,15,18H,11-14,16H2,1-2H3,(H,22,25). The molecule has 1 saturated heterocycles. The van der Waals surface area contributed by atoms with Crippen LogP contribution in [0.3, 0.4) is 0 Å². The van der Waals surface area contributed by atoms with Crippen LogP contribution in [0.5, 0.6) is 0 Å². The first kappa shape index (κ1) is 17.9. The fourth-order valence-electron chi connectivity index (χ4n) is 3.28. The van der Waals surface area contributed by atoms with Crippen molar-refractivity contribution < 1.29 is 0 Å². The molecule has 1 fully saturated rings. The molecule has 0 amide bonds. The minimum atomic E-state index is 0.235. The van der Waals surface area contributed by atoms with Crippen molar-refractivity contribution in [1.82, 2.24) is 15.1 Å². The molecule has 132 valence electrons. The van der Waals surface area contributed by atoms with Gasteiger partial charge in [0.25, 0.3) is 0 Å². The molecule has 0 aliphatic carbocycles. The van der Waals surface area contributed by atoms with Gasteiger partial charge in [0.1, 0.15) is 0 Å². The highest BCUT2D eigenvalue weighted by Gasteiger charge is 2.20. The lowest BCUT2D eigenvalue weighted by Gasteiger charge is -2.37. The van der Waals surface area contributed by atoms with Crippen LogP contribution >= 0.6 is 12.2 Å². The first-order chi connectivity index (χ1) is 12.1. The molecule has 2 aromatic carbocycles. The Morgan fingerprint density at radius 1 is 1.04 bits per heavy atom. The van der Waals surface area contributed by atoms with Gasteiger partial charge < -0.3 is 10.2 Å². The fourth-order valence-corrected chi connectivity index (χ4v) is 3.64. The molecule has 3 nitrogen and oxygen atoms in total. The van der Waals surface area contributed by atoms with Crippen molar-refractivity contribution in [3.63, 3.8) is 0 Å². The number of benzene rings is 2. The van der Waals surface area contributed by atoms with Gasteiger partial charge in [0.15, 0.2) is 5.11 Å². The average Bonchev–Trinajstić information content (AvgIpc) is 2.63. The number of nitrogens with zero attached hydrogens (tertiary/aromatic N) is 2. The third kappa shape index (κ3) is 5.03. The minimum Gasteiger partial charge on any atom is -0.356 e. The average molecular weight is 354 g/mol. The largest absolute Gasteiger partial charge is 0.356 e. The summed E-state index contributed by atoms with van der Waals surface area (Å²) in [5.41, 5.74) is 3.99. The van der Waals surface area contributed by atoms with Gasteiger partial charge in [0.2, 0.25) is 0 Å². The van der Waals surface area contributed by atoms with E-state index in [1.165, 1.54) is 16.7 Å². The molecule has 25 heavy (non-hydrogen) atoms. The van der Waals surface area contributed by atoms with Crippen LogP contribution in [0.4, 0.5) is 0 Å². The van der Waals surface area contributed by atoms with Crippen molar-refractivity contribution >= 4 is 17.3 Å². The van der Waals surface area contributed by atoms with Crippen LogP contribution < -0.4 is 5.32 Å². The lowest BCUT2D eigenvalue weighted by molar-refractivity contribution is 0.174. The summed E-state index contributed by atoms with van der Waals surface area (Å²) in [5.74, 6) is 0. The van der Waals surface area contributed by atoms with Gasteiger partial charge in [-0.05, 0) is 37.2 Å². The van der Waals surface area contributed by atoms with E-state index in [9.17, 15) is 0 Å². The molecule has 1 aliphatic rings. The van der Waals surface area contributed by atoms with Crippen molar-refractivity contribution in [3.05, 3.63) is 71.3 Å². The Kier molecular flexibility index (Phi) is 6.05. The van der Waals surface area contributed by atoms with Crippen LogP contribution in [0.1, 0.15) is 29.7 Å². The molecular formula is C21H27N3S. The number of nitrogens with one attached hydrogen (secondary N) is 1. The molecule has 0 bridgehead atoms. The second-order valence-corrected chi connectivity index (χ2v) is 7.22. The van der Waals surface area contributed by atoms with Gasteiger partial charge in [-0.25, -0.2) is 0 Å². The van der Waals surface area contributed by atoms with Crippen molar-refractivity contribution in [3.8, 4) is 0 Å². The number of thiocarbonyl (C=S) groups is 1. The van der Waals surface area contributed by atoms with Gasteiger partial charge in [-0.2, -0.15) is 0 Å². The zero-order valence-electron chi connectivity index (χ0n) is 15.1. The molecule has 0 aromatic heterocycles. The molecule has 1 heterocycles. The van der Waals surface area contributed by atoms with Gasteiger partial charge in [0, 0.05) is 32.7 Å². The van der Waals surface area contributed by atoms with Crippen molar-refractivity contribution in [2.75, 3.05) is 26.2 Å². The summed E-state index contributed by atoms with van der Waals surface area (Å²) in [5, 5.41) is 4.34. The maximum absolute atomic E-state index is 5.63. The second kappa shape index (κ2) is 8.45. The first-order valence-corrected chi connectivity index (χ1v) is 9.41. The molecule has 4 heteroatoms. The van der Waals surface area contributed by atoms with E-state index in [2.05, 4.69) is 77.5 Å². The maximum Gasteiger partial charge on any atom is 0.169 e. The molecule has 3 rings (SSSR count). The zero-order chi connectivity index (χ0) is 17.6. The summed E-state index contributed by atoms with van der Waals surface area (Å²) in [7, 11) is 0. The third-order valence-corrected chi connectivity index (χ3v) is 5.16. The number of hydrogen-bond donors (Lipinski definition) is 1. The SMILES string of the molecule is Cc1cccc(CN2CCN(C(=S)NC(C)c3ccccc3)CC2)c1. The monoisotopic (exact) mass is 353 g/mol. The quantitative estimate of drug-likeness (QED) is 0.844. The summed E-state index contributed by atoms with van der Waals surface area (Å²) in [6.45, 7) is 9.41. The topological polar surface area (TPSA) is 18.5 Å². The summed E-state index contributed by atoms with van der Waals surface area (Å²) in [6.07, 6.45) is 0. The Morgan fingerprint density at radius 3 is 2.44 bits per heavy atom. The highest BCUT2D eigenvalue weighted by Crippen LogP contribution is 2.14. The number of rotatable bonds is 4. The predicted octanol–water partition coefficient (Wildman–Crippen LogP) is 3.75. The van der Waals surface area contributed by atoms with E-state index in [0.717, 1.165) is 37.8 Å². The van der Waals surface area contributed by atoms with Crippen molar-refractivity contribution in [1.29, 1.82) is 0 Å². The maximum atomic E-state index is 5.63. The molecular weight excluding hydrogens is 326 g/mol. The van der Waals surface area contributed by atoms with Crippen LogP contribution in [0.15, 0.2) is 54.6 Å². The fraction of sp³-hybridized carbons (Fsp3) is 0.381. The van der Waals surface area contributed by atoms with Gasteiger partial charge in [-0.15, -0.1) is 0 Å². The lowest BCUT2D eigenvalue weighted by Crippen LogP contribution is -2.51.